The molecule has 2 fully saturated rings. The van der Waals surface area contributed by atoms with Crippen LogP contribution < -0.4 is 5.32 Å². The first-order valence-electron chi connectivity index (χ1n) is 9.21. The molecular formula is C17H28N4O3S. The van der Waals surface area contributed by atoms with Crippen molar-refractivity contribution >= 4 is 15.9 Å². The summed E-state index contributed by atoms with van der Waals surface area (Å²) in [6, 6.07) is 0.256. The van der Waals surface area contributed by atoms with Gasteiger partial charge in [-0.25, -0.2) is 8.42 Å². The average molecular weight is 369 g/mol. The number of aromatic amines is 1. The Labute approximate surface area is 149 Å². The van der Waals surface area contributed by atoms with Crippen LogP contribution in [0.1, 0.15) is 56.3 Å². The molecule has 25 heavy (non-hydrogen) atoms. The molecule has 7 nitrogen and oxygen atoms in total. The first-order valence-corrected chi connectivity index (χ1v) is 10.7. The number of aromatic nitrogens is 2. The zero-order valence-corrected chi connectivity index (χ0v) is 15.9. The number of amides is 1. The van der Waals surface area contributed by atoms with Crippen molar-refractivity contribution in [3.8, 4) is 0 Å². The lowest BCUT2D eigenvalue weighted by Crippen LogP contribution is -2.48. The molecule has 1 aromatic heterocycles. The topological polar surface area (TPSA) is 95.2 Å². The molecule has 2 aliphatic rings. The van der Waals surface area contributed by atoms with Crippen molar-refractivity contribution in [1.29, 1.82) is 0 Å². The van der Waals surface area contributed by atoms with Crippen molar-refractivity contribution in [3.05, 3.63) is 11.4 Å². The first kappa shape index (κ1) is 18.4. The van der Waals surface area contributed by atoms with E-state index in [0.29, 0.717) is 24.4 Å². The van der Waals surface area contributed by atoms with Crippen LogP contribution in [0.15, 0.2) is 4.90 Å². The van der Waals surface area contributed by atoms with Crippen LogP contribution in [0.2, 0.25) is 0 Å². The number of nitrogens with one attached hydrogen (secondary N) is 2. The van der Waals surface area contributed by atoms with E-state index in [1.807, 2.05) is 0 Å². The second-order valence-corrected chi connectivity index (χ2v) is 9.18. The Morgan fingerprint density at radius 3 is 2.52 bits per heavy atom. The number of hydrogen-bond donors (Lipinski definition) is 2. The minimum absolute atomic E-state index is 0.00689. The van der Waals surface area contributed by atoms with Crippen LogP contribution >= 0.6 is 0 Å². The van der Waals surface area contributed by atoms with Crippen molar-refractivity contribution in [1.82, 2.24) is 19.8 Å². The molecule has 1 aliphatic carbocycles. The number of rotatable bonds is 4. The quantitative estimate of drug-likeness (QED) is 0.848. The zero-order chi connectivity index (χ0) is 18.0. The Morgan fingerprint density at radius 1 is 1.16 bits per heavy atom. The maximum Gasteiger partial charge on any atom is 0.246 e. The highest BCUT2D eigenvalue weighted by atomic mass is 32.2. The lowest BCUT2D eigenvalue weighted by molar-refractivity contribution is -0.127. The van der Waals surface area contributed by atoms with Gasteiger partial charge < -0.3 is 5.32 Å². The summed E-state index contributed by atoms with van der Waals surface area (Å²) in [5.41, 5.74) is 1.03. The maximum absolute atomic E-state index is 13.0. The number of H-pyrrole nitrogens is 1. The van der Waals surface area contributed by atoms with Crippen LogP contribution in [-0.4, -0.2) is 48.0 Å². The van der Waals surface area contributed by atoms with Gasteiger partial charge in [-0.3, -0.25) is 9.89 Å². The Morgan fingerprint density at radius 2 is 1.88 bits per heavy atom. The van der Waals surface area contributed by atoms with Crippen molar-refractivity contribution in [3.63, 3.8) is 0 Å². The molecule has 0 radical (unpaired) electrons. The van der Waals surface area contributed by atoms with Crippen molar-refractivity contribution < 1.29 is 13.2 Å². The van der Waals surface area contributed by atoms with E-state index in [0.717, 1.165) is 32.1 Å². The summed E-state index contributed by atoms with van der Waals surface area (Å²) in [7, 11) is -3.62. The van der Waals surface area contributed by atoms with E-state index in [1.165, 1.54) is 10.7 Å². The van der Waals surface area contributed by atoms with Crippen molar-refractivity contribution in [2.24, 2.45) is 5.92 Å². The second-order valence-electron chi connectivity index (χ2n) is 7.31. The standard InChI is InChI=1S/C17H28N4O3S/c1-12-16(13(2)20-19-12)25(23,24)21-10-6-7-14(11-21)17(22)18-15-8-4-3-5-9-15/h14-15H,3-11H2,1-2H3,(H,18,22)(H,19,20)/t14-/m0/s1. The van der Waals surface area contributed by atoms with E-state index < -0.39 is 10.0 Å². The number of carbonyl (C=O) groups excluding carboxylic acids is 1. The smallest absolute Gasteiger partial charge is 0.246 e. The predicted octanol–water partition coefficient (Wildman–Crippen LogP) is 1.88. The lowest BCUT2D eigenvalue weighted by Gasteiger charge is -2.32. The number of carbonyl (C=O) groups is 1. The van der Waals surface area contributed by atoms with Gasteiger partial charge in [-0.1, -0.05) is 19.3 Å². The number of piperidine rings is 1. The molecule has 0 bridgehead atoms. The number of hydrogen-bond acceptors (Lipinski definition) is 4. The number of nitrogens with zero attached hydrogens (tertiary/aromatic N) is 2. The van der Waals surface area contributed by atoms with Crippen LogP contribution in [0.3, 0.4) is 0 Å². The normalized spacial score (nSPS) is 23.5. The van der Waals surface area contributed by atoms with Crippen molar-refractivity contribution in [2.45, 2.75) is 69.7 Å². The fourth-order valence-corrected chi connectivity index (χ4v) is 5.85. The second kappa shape index (κ2) is 7.45. The first-order chi connectivity index (χ1) is 11.9. The molecule has 1 aliphatic heterocycles. The van der Waals surface area contributed by atoms with Gasteiger partial charge in [-0.2, -0.15) is 9.40 Å². The molecule has 1 saturated heterocycles. The van der Waals surface area contributed by atoms with E-state index in [-0.39, 0.29) is 29.3 Å². The van der Waals surface area contributed by atoms with Crippen LogP contribution in [-0.2, 0) is 14.8 Å². The van der Waals surface area contributed by atoms with E-state index in [2.05, 4.69) is 15.5 Å². The number of aryl methyl sites for hydroxylation is 2. The van der Waals surface area contributed by atoms with Gasteiger partial charge in [0.05, 0.1) is 17.3 Å². The van der Waals surface area contributed by atoms with Gasteiger partial charge in [-0.15, -0.1) is 0 Å². The van der Waals surface area contributed by atoms with E-state index in [9.17, 15) is 13.2 Å². The van der Waals surface area contributed by atoms with Crippen LogP contribution in [0.25, 0.3) is 0 Å². The Bertz CT molecular complexity index is 703. The molecule has 1 amide bonds. The molecule has 8 heteroatoms. The number of sulfonamides is 1. The Hall–Kier alpha value is -1.41. The average Bonchev–Trinajstić information content (AvgIpc) is 2.95. The highest BCUT2D eigenvalue weighted by molar-refractivity contribution is 7.89. The third-order valence-electron chi connectivity index (χ3n) is 5.36. The zero-order valence-electron chi connectivity index (χ0n) is 15.0. The molecular weight excluding hydrogens is 340 g/mol. The highest BCUT2D eigenvalue weighted by Crippen LogP contribution is 2.27. The summed E-state index contributed by atoms with van der Waals surface area (Å²) >= 11 is 0. The minimum atomic E-state index is -3.62. The van der Waals surface area contributed by atoms with Gasteiger partial charge in [0.2, 0.25) is 15.9 Å². The van der Waals surface area contributed by atoms with E-state index in [4.69, 9.17) is 0 Å². The fraction of sp³-hybridized carbons (Fsp3) is 0.765. The molecule has 0 unspecified atom stereocenters. The summed E-state index contributed by atoms with van der Waals surface area (Å²) in [4.78, 5) is 12.9. The summed E-state index contributed by atoms with van der Waals surface area (Å²) in [5.74, 6) is -0.259. The largest absolute Gasteiger partial charge is 0.353 e. The molecule has 140 valence electrons. The van der Waals surface area contributed by atoms with Crippen LogP contribution in [0.4, 0.5) is 0 Å². The fourth-order valence-electron chi connectivity index (χ4n) is 3.99. The maximum atomic E-state index is 13.0. The molecule has 3 rings (SSSR count). The molecule has 1 saturated carbocycles. The van der Waals surface area contributed by atoms with Gasteiger partial charge in [0.15, 0.2) is 0 Å². The predicted molar refractivity (Wildman–Crippen MR) is 94.6 cm³/mol. The molecule has 0 aromatic carbocycles. The van der Waals surface area contributed by atoms with Crippen molar-refractivity contribution in [2.75, 3.05) is 13.1 Å². The van der Waals surface area contributed by atoms with Gasteiger partial charge in [0, 0.05) is 19.1 Å². The van der Waals surface area contributed by atoms with Gasteiger partial charge >= 0.3 is 0 Å². The Kier molecular flexibility index (Phi) is 5.48. The van der Waals surface area contributed by atoms with Crippen LogP contribution in [0.5, 0.6) is 0 Å². The summed E-state index contributed by atoms with van der Waals surface area (Å²) < 4.78 is 27.4. The highest BCUT2D eigenvalue weighted by Gasteiger charge is 2.36. The van der Waals surface area contributed by atoms with Gasteiger partial charge in [0.25, 0.3) is 0 Å². The van der Waals surface area contributed by atoms with E-state index in [1.54, 1.807) is 13.8 Å². The summed E-state index contributed by atoms with van der Waals surface area (Å²) in [6.45, 7) is 4.11. The van der Waals surface area contributed by atoms with E-state index >= 15 is 0 Å². The van der Waals surface area contributed by atoms with Gasteiger partial charge in [-0.05, 0) is 39.5 Å². The molecule has 0 spiro atoms. The SMILES string of the molecule is Cc1n[nH]c(C)c1S(=O)(=O)N1CCC[C@H](C(=O)NC2CCCCC2)C1. The minimum Gasteiger partial charge on any atom is -0.353 e. The third-order valence-corrected chi connectivity index (χ3v) is 7.49. The van der Waals surface area contributed by atoms with Crippen LogP contribution in [0, 0.1) is 19.8 Å². The summed E-state index contributed by atoms with van der Waals surface area (Å²) in [6.07, 6.45) is 7.09. The monoisotopic (exact) mass is 368 g/mol. The molecule has 2 heterocycles. The molecule has 1 atom stereocenters. The van der Waals surface area contributed by atoms with Gasteiger partial charge in [0.1, 0.15) is 4.90 Å². The lowest BCUT2D eigenvalue weighted by atomic mass is 9.93. The molecule has 2 N–H and O–H groups in total. The Balaban J connectivity index is 1.69. The third kappa shape index (κ3) is 3.89. The summed E-state index contributed by atoms with van der Waals surface area (Å²) in [5, 5.41) is 9.87. The molecule has 1 aromatic rings.